The van der Waals surface area contributed by atoms with Crippen molar-refractivity contribution < 1.29 is 14.6 Å². The highest BCUT2D eigenvalue weighted by molar-refractivity contribution is 5.84. The Morgan fingerprint density at radius 2 is 2.05 bits per heavy atom. The third kappa shape index (κ3) is 2.72. The molecule has 6 nitrogen and oxygen atoms in total. The minimum Gasteiger partial charge on any atom is -0.497 e. The quantitative estimate of drug-likeness (QED) is 0.935. The summed E-state index contributed by atoms with van der Waals surface area (Å²) in [5.41, 5.74) is 1.16. The van der Waals surface area contributed by atoms with Gasteiger partial charge in [0.05, 0.1) is 25.5 Å². The van der Waals surface area contributed by atoms with Gasteiger partial charge in [-0.2, -0.15) is 0 Å². The summed E-state index contributed by atoms with van der Waals surface area (Å²) in [5, 5.41) is 8.89. The molecule has 1 unspecified atom stereocenters. The summed E-state index contributed by atoms with van der Waals surface area (Å²) >= 11 is 0. The molecule has 1 aliphatic heterocycles. The number of anilines is 1. The van der Waals surface area contributed by atoms with E-state index in [2.05, 4.69) is 27.0 Å². The fraction of sp³-hybridized carbons (Fsp3) is 0.312. The van der Waals surface area contributed by atoms with E-state index >= 15 is 0 Å². The maximum absolute atomic E-state index is 10.9. The van der Waals surface area contributed by atoms with Crippen molar-refractivity contribution in [1.82, 2.24) is 9.97 Å². The Kier molecular flexibility index (Phi) is 3.91. The number of aromatic nitrogens is 2. The number of methoxy groups -OCH3 is 1. The van der Waals surface area contributed by atoms with E-state index in [0.29, 0.717) is 5.82 Å². The fourth-order valence-electron chi connectivity index (χ4n) is 2.79. The molecule has 22 heavy (non-hydrogen) atoms. The topological polar surface area (TPSA) is 75.5 Å². The summed E-state index contributed by atoms with van der Waals surface area (Å²) in [5.74, 6) is 0.481. The van der Waals surface area contributed by atoms with Gasteiger partial charge in [-0.15, -0.1) is 0 Å². The van der Waals surface area contributed by atoms with Crippen LogP contribution < -0.4 is 9.64 Å². The number of nitrogens with zero attached hydrogens (tertiary/aromatic N) is 3. The largest absolute Gasteiger partial charge is 0.497 e. The summed E-state index contributed by atoms with van der Waals surface area (Å²) < 4.78 is 5.19. The van der Waals surface area contributed by atoms with E-state index in [-0.39, 0.29) is 11.7 Å². The molecule has 1 N–H and O–H groups in total. The van der Waals surface area contributed by atoms with Gasteiger partial charge in [-0.3, -0.25) is 0 Å². The molecule has 114 valence electrons. The number of hydrogen-bond donors (Lipinski definition) is 1. The molecule has 3 rings (SSSR count). The van der Waals surface area contributed by atoms with Gasteiger partial charge in [-0.05, 0) is 30.5 Å². The van der Waals surface area contributed by atoms with Crippen LogP contribution in [0.1, 0.15) is 34.9 Å². The van der Waals surface area contributed by atoms with Crippen LogP contribution >= 0.6 is 0 Å². The fourth-order valence-corrected chi connectivity index (χ4v) is 2.79. The van der Waals surface area contributed by atoms with Crippen molar-refractivity contribution in [2.45, 2.75) is 18.9 Å². The first-order chi connectivity index (χ1) is 10.7. The van der Waals surface area contributed by atoms with E-state index in [4.69, 9.17) is 9.84 Å². The lowest BCUT2D eigenvalue weighted by Gasteiger charge is -2.25. The second-order valence-corrected chi connectivity index (χ2v) is 5.19. The normalized spacial score (nSPS) is 17.5. The number of rotatable bonds is 4. The van der Waals surface area contributed by atoms with Crippen molar-refractivity contribution in [3.05, 3.63) is 47.9 Å². The van der Waals surface area contributed by atoms with Crippen LogP contribution in [0.3, 0.4) is 0 Å². The summed E-state index contributed by atoms with van der Waals surface area (Å²) in [4.78, 5) is 21.2. The Labute approximate surface area is 128 Å². The molecule has 0 aliphatic carbocycles. The van der Waals surface area contributed by atoms with Gasteiger partial charge in [0.25, 0.3) is 0 Å². The zero-order valence-corrected chi connectivity index (χ0v) is 12.3. The zero-order valence-electron chi connectivity index (χ0n) is 12.3. The standard InChI is InChI=1S/C16H17N3O3/c1-22-12-6-4-11(5-7-12)14-3-2-8-19(14)15-10-17-13(9-18-15)16(20)21/h4-7,9-10,14H,2-3,8H2,1H3,(H,20,21). The first-order valence-corrected chi connectivity index (χ1v) is 7.15. The molecular weight excluding hydrogens is 282 g/mol. The summed E-state index contributed by atoms with van der Waals surface area (Å²) in [6.45, 7) is 0.887. The number of hydrogen-bond acceptors (Lipinski definition) is 5. The summed E-state index contributed by atoms with van der Waals surface area (Å²) in [6.07, 6.45) is 4.94. The molecule has 2 heterocycles. The van der Waals surface area contributed by atoms with E-state index in [1.807, 2.05) is 12.1 Å². The van der Waals surface area contributed by atoms with E-state index in [1.54, 1.807) is 7.11 Å². The maximum atomic E-state index is 10.9. The Balaban J connectivity index is 1.84. The Morgan fingerprint density at radius 3 is 2.64 bits per heavy atom. The van der Waals surface area contributed by atoms with Gasteiger partial charge < -0.3 is 14.7 Å². The highest BCUT2D eigenvalue weighted by Gasteiger charge is 2.27. The Hall–Kier alpha value is -2.63. The van der Waals surface area contributed by atoms with Crippen LogP contribution in [0.4, 0.5) is 5.82 Å². The molecule has 6 heteroatoms. The summed E-state index contributed by atoms with van der Waals surface area (Å²) in [6, 6.07) is 8.24. The SMILES string of the molecule is COc1ccc(C2CCCN2c2cnc(C(=O)O)cn2)cc1. The first-order valence-electron chi connectivity index (χ1n) is 7.15. The molecule has 0 bridgehead atoms. The summed E-state index contributed by atoms with van der Waals surface area (Å²) in [7, 11) is 1.65. The number of benzene rings is 1. The van der Waals surface area contributed by atoms with Crippen LogP contribution in [0.2, 0.25) is 0 Å². The van der Waals surface area contributed by atoms with Crippen LogP contribution in [-0.2, 0) is 0 Å². The van der Waals surface area contributed by atoms with E-state index in [0.717, 1.165) is 25.1 Å². The number of carboxylic acid groups (broad SMARTS) is 1. The number of carbonyl (C=O) groups is 1. The van der Waals surface area contributed by atoms with Crippen molar-refractivity contribution in [2.24, 2.45) is 0 Å². The van der Waals surface area contributed by atoms with Crippen molar-refractivity contribution >= 4 is 11.8 Å². The molecule has 1 aromatic carbocycles. The molecule has 1 atom stereocenters. The monoisotopic (exact) mass is 299 g/mol. The van der Waals surface area contributed by atoms with Crippen molar-refractivity contribution in [2.75, 3.05) is 18.6 Å². The third-order valence-electron chi connectivity index (χ3n) is 3.90. The predicted molar refractivity (Wildman–Crippen MR) is 81.3 cm³/mol. The second-order valence-electron chi connectivity index (χ2n) is 5.19. The molecule has 0 amide bonds. The van der Waals surface area contributed by atoms with Crippen molar-refractivity contribution in [1.29, 1.82) is 0 Å². The van der Waals surface area contributed by atoms with Gasteiger partial charge in [0.2, 0.25) is 0 Å². The van der Waals surface area contributed by atoms with Crippen molar-refractivity contribution in [3.63, 3.8) is 0 Å². The molecule has 1 fully saturated rings. The van der Waals surface area contributed by atoms with Gasteiger partial charge in [0, 0.05) is 6.54 Å². The second kappa shape index (κ2) is 6.01. The van der Waals surface area contributed by atoms with E-state index < -0.39 is 5.97 Å². The number of carboxylic acids is 1. The Morgan fingerprint density at radius 1 is 1.27 bits per heavy atom. The molecular formula is C16H17N3O3. The number of ether oxygens (including phenoxy) is 1. The zero-order chi connectivity index (χ0) is 15.5. The van der Waals surface area contributed by atoms with E-state index in [1.165, 1.54) is 18.0 Å². The minimum atomic E-state index is -1.06. The van der Waals surface area contributed by atoms with Crippen LogP contribution in [0.5, 0.6) is 5.75 Å². The minimum absolute atomic E-state index is 0.0380. The lowest BCUT2D eigenvalue weighted by Crippen LogP contribution is -2.24. The van der Waals surface area contributed by atoms with Crippen LogP contribution in [0, 0.1) is 0 Å². The van der Waals surface area contributed by atoms with Gasteiger partial charge in [-0.25, -0.2) is 14.8 Å². The van der Waals surface area contributed by atoms with Gasteiger partial charge in [0.15, 0.2) is 5.69 Å². The smallest absolute Gasteiger partial charge is 0.356 e. The predicted octanol–water partition coefficient (Wildman–Crippen LogP) is 2.52. The number of aromatic carboxylic acids is 1. The molecule has 0 radical (unpaired) electrons. The lowest BCUT2D eigenvalue weighted by atomic mass is 10.0. The molecule has 1 aromatic heterocycles. The molecule has 1 aliphatic rings. The van der Waals surface area contributed by atoms with Crippen molar-refractivity contribution in [3.8, 4) is 5.75 Å². The van der Waals surface area contributed by atoms with Crippen LogP contribution in [0.15, 0.2) is 36.7 Å². The Bertz CT molecular complexity index is 655. The third-order valence-corrected chi connectivity index (χ3v) is 3.90. The lowest BCUT2D eigenvalue weighted by molar-refractivity contribution is 0.0690. The average Bonchev–Trinajstić information content (AvgIpc) is 3.04. The average molecular weight is 299 g/mol. The molecule has 1 saturated heterocycles. The van der Waals surface area contributed by atoms with Crippen LogP contribution in [0.25, 0.3) is 0 Å². The first kappa shape index (κ1) is 14.3. The van der Waals surface area contributed by atoms with Gasteiger partial charge >= 0.3 is 5.97 Å². The van der Waals surface area contributed by atoms with Gasteiger partial charge in [-0.1, -0.05) is 12.1 Å². The van der Waals surface area contributed by atoms with Gasteiger partial charge in [0.1, 0.15) is 11.6 Å². The maximum Gasteiger partial charge on any atom is 0.356 e. The highest BCUT2D eigenvalue weighted by atomic mass is 16.5. The molecule has 0 saturated carbocycles. The van der Waals surface area contributed by atoms with E-state index in [9.17, 15) is 4.79 Å². The highest BCUT2D eigenvalue weighted by Crippen LogP contribution is 2.35. The van der Waals surface area contributed by atoms with Crippen LogP contribution in [-0.4, -0.2) is 34.7 Å². The molecule has 2 aromatic rings. The molecule has 0 spiro atoms.